The predicted octanol–water partition coefficient (Wildman–Crippen LogP) is 2.69. The van der Waals surface area contributed by atoms with Crippen LogP contribution in [0.1, 0.15) is 38.1 Å². The normalized spacial score (nSPS) is 12.1. The molecule has 0 unspecified atom stereocenters. The lowest BCUT2D eigenvalue weighted by Crippen LogP contribution is -2.44. The lowest BCUT2D eigenvalue weighted by molar-refractivity contribution is 0.0491. The van der Waals surface area contributed by atoms with Gasteiger partial charge in [0.15, 0.2) is 0 Å². The number of rotatable bonds is 6. The van der Waals surface area contributed by atoms with Crippen molar-refractivity contribution in [2.24, 2.45) is 0 Å². The van der Waals surface area contributed by atoms with E-state index < -0.39 is 11.7 Å². The van der Waals surface area contributed by atoms with Crippen molar-refractivity contribution in [2.45, 2.75) is 39.3 Å². The second-order valence-corrected chi connectivity index (χ2v) is 6.83. The molecule has 140 valence electrons. The fourth-order valence-electron chi connectivity index (χ4n) is 2.20. The maximum atomic E-state index is 12.6. The first-order chi connectivity index (χ1) is 11.6. The molecule has 1 aromatic rings. The Labute approximate surface area is 149 Å². The summed E-state index contributed by atoms with van der Waals surface area (Å²) in [7, 11) is 4.72. The number of hydrogen-bond donors (Lipinski definition) is 1. The van der Waals surface area contributed by atoms with Crippen LogP contribution in [0.2, 0.25) is 0 Å². The maximum Gasteiger partial charge on any atom is 0.407 e. The van der Waals surface area contributed by atoms with Gasteiger partial charge in [-0.1, -0.05) is 0 Å². The van der Waals surface area contributed by atoms with Gasteiger partial charge < -0.3 is 24.4 Å². The molecule has 0 saturated carbocycles. The molecule has 7 nitrogen and oxygen atoms in total. The molecule has 0 aliphatic heterocycles. The molecule has 0 heterocycles. The van der Waals surface area contributed by atoms with Crippen molar-refractivity contribution in [1.29, 1.82) is 0 Å². The van der Waals surface area contributed by atoms with Crippen molar-refractivity contribution in [3.8, 4) is 11.5 Å². The summed E-state index contributed by atoms with van der Waals surface area (Å²) in [5.74, 6) is 0.877. The van der Waals surface area contributed by atoms with Crippen LogP contribution in [-0.4, -0.2) is 56.4 Å². The third kappa shape index (κ3) is 6.91. The molecular formula is C18H28N2O5. The molecule has 0 bridgehead atoms. The molecule has 0 aromatic heterocycles. The van der Waals surface area contributed by atoms with Gasteiger partial charge in [-0.25, -0.2) is 4.79 Å². The average Bonchev–Trinajstić information content (AvgIpc) is 2.51. The first kappa shape index (κ1) is 20.6. The van der Waals surface area contributed by atoms with E-state index in [1.165, 1.54) is 19.1 Å². The van der Waals surface area contributed by atoms with Gasteiger partial charge in [0.1, 0.15) is 17.1 Å². The number of hydrogen-bond acceptors (Lipinski definition) is 5. The van der Waals surface area contributed by atoms with Gasteiger partial charge in [0, 0.05) is 31.3 Å². The van der Waals surface area contributed by atoms with E-state index in [0.717, 1.165) is 0 Å². The molecule has 7 heteroatoms. The molecule has 1 aromatic carbocycles. The fourth-order valence-corrected chi connectivity index (χ4v) is 2.20. The predicted molar refractivity (Wildman–Crippen MR) is 95.3 cm³/mol. The Kier molecular flexibility index (Phi) is 7.09. The quantitative estimate of drug-likeness (QED) is 0.852. The minimum Gasteiger partial charge on any atom is -0.497 e. The molecular weight excluding hydrogens is 324 g/mol. The molecule has 25 heavy (non-hydrogen) atoms. The molecule has 0 fully saturated rings. The van der Waals surface area contributed by atoms with Gasteiger partial charge in [0.05, 0.1) is 14.2 Å². The highest BCUT2D eigenvalue weighted by molar-refractivity contribution is 5.95. The summed E-state index contributed by atoms with van der Waals surface area (Å²) in [5.41, 5.74) is -0.119. The van der Waals surface area contributed by atoms with E-state index in [1.54, 1.807) is 52.9 Å². The van der Waals surface area contributed by atoms with Gasteiger partial charge in [-0.15, -0.1) is 0 Å². The fraction of sp³-hybridized carbons (Fsp3) is 0.556. The SMILES string of the molecule is COc1cc(OC)cc(C(=O)N(C)C[C@H](C)NC(=O)OC(C)(C)C)c1. The Hall–Kier alpha value is -2.44. The van der Waals surface area contributed by atoms with Crippen LogP contribution in [0.25, 0.3) is 0 Å². The number of nitrogens with zero attached hydrogens (tertiary/aromatic N) is 1. The van der Waals surface area contributed by atoms with Crippen molar-refractivity contribution in [1.82, 2.24) is 10.2 Å². The van der Waals surface area contributed by atoms with Crippen molar-refractivity contribution in [3.63, 3.8) is 0 Å². The number of amides is 2. The number of benzene rings is 1. The largest absolute Gasteiger partial charge is 0.497 e. The van der Waals surface area contributed by atoms with Crippen LogP contribution in [0.3, 0.4) is 0 Å². The van der Waals surface area contributed by atoms with Crippen molar-refractivity contribution in [2.75, 3.05) is 27.8 Å². The Morgan fingerprint density at radius 2 is 1.64 bits per heavy atom. The number of methoxy groups -OCH3 is 2. The highest BCUT2D eigenvalue weighted by Gasteiger charge is 2.20. The monoisotopic (exact) mass is 352 g/mol. The van der Waals surface area contributed by atoms with Crippen LogP contribution >= 0.6 is 0 Å². The second-order valence-electron chi connectivity index (χ2n) is 6.83. The summed E-state index contributed by atoms with van der Waals surface area (Å²) in [4.78, 5) is 25.9. The first-order valence-electron chi connectivity index (χ1n) is 8.03. The van der Waals surface area contributed by atoms with Gasteiger partial charge in [0.25, 0.3) is 5.91 Å². The van der Waals surface area contributed by atoms with Crippen LogP contribution in [0.15, 0.2) is 18.2 Å². The van der Waals surface area contributed by atoms with E-state index in [-0.39, 0.29) is 11.9 Å². The molecule has 0 saturated heterocycles. The van der Waals surface area contributed by atoms with Crippen LogP contribution in [0.4, 0.5) is 4.79 Å². The number of ether oxygens (including phenoxy) is 3. The topological polar surface area (TPSA) is 77.1 Å². The summed E-state index contributed by atoms with van der Waals surface area (Å²) < 4.78 is 15.6. The molecule has 1 N–H and O–H groups in total. The Morgan fingerprint density at radius 1 is 1.12 bits per heavy atom. The minimum absolute atomic E-state index is 0.199. The van der Waals surface area contributed by atoms with Crippen molar-refractivity contribution < 1.29 is 23.8 Å². The van der Waals surface area contributed by atoms with Crippen LogP contribution in [0.5, 0.6) is 11.5 Å². The Morgan fingerprint density at radius 3 is 2.08 bits per heavy atom. The number of alkyl carbamates (subject to hydrolysis) is 1. The molecule has 1 rings (SSSR count). The first-order valence-corrected chi connectivity index (χ1v) is 8.03. The highest BCUT2D eigenvalue weighted by atomic mass is 16.6. The maximum absolute atomic E-state index is 12.6. The zero-order chi connectivity index (χ0) is 19.2. The van der Waals surface area contributed by atoms with Gasteiger partial charge >= 0.3 is 6.09 Å². The zero-order valence-corrected chi connectivity index (χ0v) is 16.0. The van der Waals surface area contributed by atoms with Gasteiger partial charge in [-0.2, -0.15) is 0 Å². The summed E-state index contributed by atoms with van der Waals surface area (Å²) >= 11 is 0. The lowest BCUT2D eigenvalue weighted by atomic mass is 10.1. The van der Waals surface area contributed by atoms with E-state index in [2.05, 4.69) is 5.32 Å². The van der Waals surface area contributed by atoms with Gasteiger partial charge in [0.2, 0.25) is 0 Å². The zero-order valence-electron chi connectivity index (χ0n) is 16.0. The smallest absolute Gasteiger partial charge is 0.407 e. The third-order valence-electron chi connectivity index (χ3n) is 3.26. The molecule has 0 aliphatic rings. The molecule has 0 radical (unpaired) electrons. The highest BCUT2D eigenvalue weighted by Crippen LogP contribution is 2.23. The van der Waals surface area contributed by atoms with Gasteiger partial charge in [-0.3, -0.25) is 4.79 Å². The number of carbonyl (C=O) groups excluding carboxylic acids is 2. The Bertz CT molecular complexity index is 588. The molecule has 0 spiro atoms. The summed E-state index contributed by atoms with van der Waals surface area (Å²) in [6.45, 7) is 7.52. The summed E-state index contributed by atoms with van der Waals surface area (Å²) in [6.07, 6.45) is -0.510. The van der Waals surface area contributed by atoms with Crippen molar-refractivity contribution in [3.05, 3.63) is 23.8 Å². The third-order valence-corrected chi connectivity index (χ3v) is 3.26. The second kappa shape index (κ2) is 8.60. The number of likely N-dealkylation sites (N-methyl/N-ethyl adjacent to an activating group) is 1. The summed E-state index contributed by atoms with van der Waals surface area (Å²) in [6, 6.07) is 4.72. The van der Waals surface area contributed by atoms with Crippen LogP contribution in [0, 0.1) is 0 Å². The number of carbonyl (C=O) groups is 2. The van der Waals surface area contributed by atoms with Crippen LogP contribution in [-0.2, 0) is 4.74 Å². The number of nitrogens with one attached hydrogen (secondary N) is 1. The van der Waals surface area contributed by atoms with Crippen molar-refractivity contribution >= 4 is 12.0 Å². The summed E-state index contributed by atoms with van der Waals surface area (Å²) in [5, 5.41) is 2.71. The van der Waals surface area contributed by atoms with E-state index >= 15 is 0 Å². The standard InChI is InChI=1S/C18H28N2O5/c1-12(19-17(22)25-18(2,3)4)11-20(5)16(21)13-8-14(23-6)10-15(9-13)24-7/h8-10,12H,11H2,1-7H3,(H,19,22)/t12-/m0/s1. The van der Waals surface area contributed by atoms with E-state index in [9.17, 15) is 9.59 Å². The Balaban J connectivity index is 2.72. The lowest BCUT2D eigenvalue weighted by Gasteiger charge is -2.25. The minimum atomic E-state index is -0.567. The molecule has 2 amide bonds. The van der Waals surface area contributed by atoms with Crippen LogP contribution < -0.4 is 14.8 Å². The van der Waals surface area contributed by atoms with E-state index in [4.69, 9.17) is 14.2 Å². The molecule has 0 aliphatic carbocycles. The van der Waals surface area contributed by atoms with E-state index in [0.29, 0.717) is 23.6 Å². The van der Waals surface area contributed by atoms with Gasteiger partial charge in [-0.05, 0) is 39.8 Å². The van der Waals surface area contributed by atoms with E-state index in [1.807, 2.05) is 0 Å². The average molecular weight is 352 g/mol. The molecule has 1 atom stereocenters.